The molecule has 0 saturated heterocycles. The molecule has 36 heavy (non-hydrogen) atoms. The molecule has 3 aromatic rings. The molecule has 0 aliphatic heterocycles. The molecule has 4 rings (SSSR count). The van der Waals surface area contributed by atoms with Crippen molar-refractivity contribution in [1.29, 1.82) is 0 Å². The fraction of sp³-hybridized carbons (Fsp3) is 0.357. The normalized spacial score (nSPS) is 18.1. The van der Waals surface area contributed by atoms with Crippen LogP contribution in [0, 0.1) is 38.9 Å². The Hall–Kier alpha value is -3.10. The Balaban J connectivity index is 1.46. The Bertz CT molecular complexity index is 1370. The van der Waals surface area contributed by atoms with Gasteiger partial charge < -0.3 is 10.6 Å². The molecule has 1 heterocycles. The number of aromatic nitrogens is 1. The van der Waals surface area contributed by atoms with Crippen LogP contribution in [0.15, 0.2) is 30.3 Å². The quantitative estimate of drug-likeness (QED) is 0.310. The van der Waals surface area contributed by atoms with Gasteiger partial charge in [-0.05, 0) is 76.3 Å². The van der Waals surface area contributed by atoms with Crippen molar-refractivity contribution in [2.45, 2.75) is 64.2 Å². The highest BCUT2D eigenvalue weighted by atomic mass is 31.0. The molecule has 4 nitrogen and oxygen atoms in total. The first kappa shape index (κ1) is 26.0. The minimum absolute atomic E-state index is 0.0573. The minimum Gasteiger partial charge on any atom is -0.382 e. The molecule has 2 N–H and O–H groups in total. The molecule has 0 spiro atoms. The molecule has 1 saturated carbocycles. The summed E-state index contributed by atoms with van der Waals surface area (Å²) in [5, 5.41) is 7.25. The van der Waals surface area contributed by atoms with Gasteiger partial charge in [0.1, 0.15) is 11.5 Å². The average molecular weight is 512 g/mol. The smallest absolute Gasteiger partial charge is 0.300 e. The topological polar surface area (TPSA) is 54.0 Å². The maximum atomic E-state index is 14.3. The average Bonchev–Trinajstić information content (AvgIpc) is 2.82. The number of terminal acetylenes is 1. The van der Waals surface area contributed by atoms with E-state index in [0.717, 1.165) is 23.8 Å². The van der Waals surface area contributed by atoms with E-state index in [1.807, 2.05) is 19.1 Å². The first-order chi connectivity index (χ1) is 17.0. The minimum atomic E-state index is -3.13. The predicted molar refractivity (Wildman–Crippen MR) is 141 cm³/mol. The number of alkyl halides is 2. The highest BCUT2D eigenvalue weighted by Crippen LogP contribution is 2.38. The van der Waals surface area contributed by atoms with Gasteiger partial charge in [0, 0.05) is 39.8 Å². The van der Waals surface area contributed by atoms with E-state index in [0.29, 0.717) is 40.7 Å². The van der Waals surface area contributed by atoms with E-state index in [1.165, 1.54) is 12.1 Å². The largest absolute Gasteiger partial charge is 0.382 e. The third-order valence-corrected chi connectivity index (χ3v) is 7.20. The maximum Gasteiger partial charge on any atom is 0.300 e. The number of carbonyl (C=O) groups is 1. The van der Waals surface area contributed by atoms with Gasteiger partial charge in [0.25, 0.3) is 11.6 Å². The highest BCUT2D eigenvalue weighted by Gasteiger charge is 2.29. The summed E-state index contributed by atoms with van der Waals surface area (Å²) in [6, 6.07) is 8.19. The van der Waals surface area contributed by atoms with Crippen molar-refractivity contribution in [2.75, 3.05) is 5.32 Å². The lowest BCUT2D eigenvalue weighted by Gasteiger charge is -2.31. The Morgan fingerprint density at radius 3 is 2.39 bits per heavy atom. The molecule has 1 unspecified atom stereocenters. The first-order valence-corrected chi connectivity index (χ1v) is 12.5. The number of hydrogen-bond donors (Lipinski definition) is 2. The number of aryl methyl sites for hydroxylation is 1. The van der Waals surface area contributed by atoms with E-state index in [4.69, 9.17) is 6.42 Å². The van der Waals surface area contributed by atoms with Crippen LogP contribution in [0.25, 0.3) is 10.9 Å². The van der Waals surface area contributed by atoms with Gasteiger partial charge in [0.05, 0.1) is 5.52 Å². The number of nitrogens with one attached hydrogen (secondary N) is 2. The van der Waals surface area contributed by atoms with Crippen LogP contribution < -0.4 is 10.6 Å². The maximum absolute atomic E-state index is 14.3. The number of rotatable bonds is 5. The number of anilines is 1. The fourth-order valence-corrected chi connectivity index (χ4v) is 4.97. The molecule has 1 aliphatic rings. The van der Waals surface area contributed by atoms with Gasteiger partial charge >= 0.3 is 0 Å². The summed E-state index contributed by atoms with van der Waals surface area (Å²) in [6.45, 7) is 5.28. The molecule has 1 fully saturated rings. The number of benzene rings is 2. The summed E-state index contributed by atoms with van der Waals surface area (Å²) in [4.78, 5) is 17.1. The molecule has 8 heteroatoms. The number of fused-ring (bicyclic) bond motifs is 1. The zero-order valence-corrected chi connectivity index (χ0v) is 21.7. The van der Waals surface area contributed by atoms with Crippen LogP contribution in [-0.2, 0) is 5.66 Å². The molecule has 188 valence electrons. The van der Waals surface area contributed by atoms with Crippen molar-refractivity contribution in [3.63, 3.8) is 0 Å². The summed E-state index contributed by atoms with van der Waals surface area (Å²) in [5.41, 5.74) is 0.310. The third kappa shape index (κ3) is 5.34. The summed E-state index contributed by atoms with van der Waals surface area (Å²) in [5.74, 6) is 1.64. The number of nitrogens with zero attached hydrogens (tertiary/aromatic N) is 1. The van der Waals surface area contributed by atoms with Crippen LogP contribution >= 0.6 is 9.24 Å². The van der Waals surface area contributed by atoms with Gasteiger partial charge in [0.15, 0.2) is 0 Å². The lowest BCUT2D eigenvalue weighted by atomic mass is 9.90. The van der Waals surface area contributed by atoms with Crippen LogP contribution in [0.4, 0.5) is 18.9 Å². The van der Waals surface area contributed by atoms with Gasteiger partial charge in [0.2, 0.25) is 0 Å². The molecule has 0 radical (unpaired) electrons. The fourth-order valence-electron chi connectivity index (χ4n) is 4.83. The molecule has 1 aliphatic carbocycles. The van der Waals surface area contributed by atoms with Gasteiger partial charge in [-0.3, -0.25) is 4.79 Å². The summed E-state index contributed by atoms with van der Waals surface area (Å²) >= 11 is 0. The van der Waals surface area contributed by atoms with Crippen molar-refractivity contribution in [3.8, 4) is 12.3 Å². The van der Waals surface area contributed by atoms with Gasteiger partial charge in [-0.15, -0.1) is 6.42 Å². The Kier molecular flexibility index (Phi) is 7.29. The highest BCUT2D eigenvalue weighted by molar-refractivity contribution is 7.17. The molecular formula is C28H29F3N3OP. The van der Waals surface area contributed by atoms with Crippen molar-refractivity contribution in [3.05, 3.63) is 69.7 Å². The van der Waals surface area contributed by atoms with E-state index >= 15 is 0 Å². The second kappa shape index (κ2) is 10.1. The van der Waals surface area contributed by atoms with Gasteiger partial charge in [-0.1, -0.05) is 26.8 Å². The molecule has 1 aromatic heterocycles. The van der Waals surface area contributed by atoms with E-state index in [2.05, 4.69) is 21.5 Å². The van der Waals surface area contributed by atoms with Crippen molar-refractivity contribution in [2.24, 2.45) is 0 Å². The summed E-state index contributed by atoms with van der Waals surface area (Å²) in [6.07, 6.45) is 8.41. The van der Waals surface area contributed by atoms with Gasteiger partial charge in [-0.25, -0.2) is 9.37 Å². The van der Waals surface area contributed by atoms with Crippen LogP contribution in [0.5, 0.6) is 0 Å². The van der Waals surface area contributed by atoms with Crippen LogP contribution in [0.3, 0.4) is 0 Å². The zero-order valence-electron chi connectivity index (χ0n) is 20.5. The van der Waals surface area contributed by atoms with Crippen LogP contribution in [0.1, 0.15) is 64.0 Å². The first-order valence-electron chi connectivity index (χ1n) is 11.9. The Morgan fingerprint density at radius 2 is 1.75 bits per heavy atom. The number of amides is 1. The molecule has 2 aromatic carbocycles. The van der Waals surface area contributed by atoms with Crippen LogP contribution in [0.2, 0.25) is 0 Å². The molecular weight excluding hydrogens is 482 g/mol. The van der Waals surface area contributed by atoms with E-state index in [-0.39, 0.29) is 29.2 Å². The Labute approximate surface area is 211 Å². The number of halogens is 3. The van der Waals surface area contributed by atoms with Crippen molar-refractivity contribution < 1.29 is 18.0 Å². The number of pyridine rings is 1. The van der Waals surface area contributed by atoms with Crippen LogP contribution in [-0.4, -0.2) is 23.0 Å². The van der Waals surface area contributed by atoms with E-state index in [1.54, 1.807) is 29.2 Å². The lowest BCUT2D eigenvalue weighted by Crippen LogP contribution is -2.40. The molecule has 0 bridgehead atoms. The zero-order chi connectivity index (χ0) is 26.2. The standard InChI is InChI=1S/C28H29F3N3OP/c1-5-20-16(3)21(13-23(29)17(20)4)27(35)33-19-9-7-18(8-10-19)32-25-14-26(28(30,31)36)34-24-11-6-15(2)12-22(24)25/h1,6,11-14,18-19H,7-10,36H2,2-4H3,(H,32,34)(H,33,35). The van der Waals surface area contributed by atoms with E-state index in [9.17, 15) is 18.0 Å². The molecule has 1 atom stereocenters. The number of carbonyl (C=O) groups excluding carboxylic acids is 1. The predicted octanol–water partition coefficient (Wildman–Crippen LogP) is 6.36. The number of hydrogen-bond acceptors (Lipinski definition) is 3. The lowest BCUT2D eigenvalue weighted by molar-refractivity contribution is 0.0925. The summed E-state index contributed by atoms with van der Waals surface area (Å²) in [7, 11) is 1.55. The monoisotopic (exact) mass is 511 g/mol. The molecule has 1 amide bonds. The SMILES string of the molecule is C#Cc1c(C)c(F)cc(C(=O)NC2CCC(Nc3cc(C(F)(F)P)nc4ccc(C)cc34)CC2)c1C. The third-order valence-electron chi connectivity index (χ3n) is 6.90. The van der Waals surface area contributed by atoms with Crippen molar-refractivity contribution >= 4 is 31.7 Å². The second-order valence-corrected chi connectivity index (χ2v) is 10.3. The Morgan fingerprint density at radius 1 is 1.08 bits per heavy atom. The summed E-state index contributed by atoms with van der Waals surface area (Å²) < 4.78 is 42.4. The second-order valence-electron chi connectivity index (χ2n) is 9.54. The van der Waals surface area contributed by atoms with Crippen molar-refractivity contribution in [1.82, 2.24) is 10.3 Å². The van der Waals surface area contributed by atoms with E-state index < -0.39 is 11.5 Å². The van der Waals surface area contributed by atoms with Gasteiger partial charge in [-0.2, -0.15) is 8.78 Å².